The van der Waals surface area contributed by atoms with Crippen molar-refractivity contribution in [3.8, 4) is 0 Å². The predicted octanol–water partition coefficient (Wildman–Crippen LogP) is 2.99. The quantitative estimate of drug-likeness (QED) is 0.580. The Hall–Kier alpha value is -1.13. The summed E-state index contributed by atoms with van der Waals surface area (Å²) in [5.41, 5.74) is 1.90. The van der Waals surface area contributed by atoms with E-state index in [2.05, 4.69) is 19.1 Å². The zero-order valence-corrected chi connectivity index (χ0v) is 13.1. The molecule has 1 heterocycles. The van der Waals surface area contributed by atoms with Crippen LogP contribution in [0.3, 0.4) is 0 Å². The molecule has 0 aromatic carbocycles. The summed E-state index contributed by atoms with van der Waals surface area (Å²) >= 11 is 0. The van der Waals surface area contributed by atoms with Crippen molar-refractivity contribution in [1.29, 1.82) is 0 Å². The van der Waals surface area contributed by atoms with Crippen molar-refractivity contribution < 1.29 is 19.0 Å². The van der Waals surface area contributed by atoms with Crippen molar-refractivity contribution >= 4 is 5.97 Å². The maximum atomic E-state index is 12.7. The summed E-state index contributed by atoms with van der Waals surface area (Å²) in [5.74, 6) is -0.552. The molecule has 1 saturated heterocycles. The lowest BCUT2D eigenvalue weighted by Gasteiger charge is -2.50. The van der Waals surface area contributed by atoms with Gasteiger partial charge in [-0.3, -0.25) is 4.79 Å². The molecule has 1 saturated carbocycles. The molecule has 2 atom stereocenters. The molecule has 2 fully saturated rings. The second-order valence-electron chi connectivity index (χ2n) is 6.27. The molecule has 116 valence electrons. The second kappa shape index (κ2) is 5.25. The highest BCUT2D eigenvalue weighted by Crippen LogP contribution is 2.58. The van der Waals surface area contributed by atoms with E-state index in [-0.39, 0.29) is 11.9 Å². The Kier molecular flexibility index (Phi) is 3.70. The van der Waals surface area contributed by atoms with Gasteiger partial charge in [-0.2, -0.15) is 0 Å². The minimum absolute atomic E-state index is 0.155. The number of allylic oxidation sites excluding steroid dienone is 3. The lowest BCUT2D eigenvalue weighted by atomic mass is 9.57. The number of methoxy groups -OCH3 is 1. The summed E-state index contributed by atoms with van der Waals surface area (Å²) in [7, 11) is 1.47. The van der Waals surface area contributed by atoms with Gasteiger partial charge in [0.2, 0.25) is 0 Å². The standard InChI is InChI=1S/C17H24O4/c1-4-12-8-13-10-17(20-6-7-21-17)11-16(9-12,14(13)5-2)15(18)19-3/h5,8,13H,4,6-7,9-11H2,1-3H3/b14-5-. The van der Waals surface area contributed by atoms with E-state index in [1.165, 1.54) is 18.3 Å². The van der Waals surface area contributed by atoms with Gasteiger partial charge in [0.15, 0.2) is 5.79 Å². The molecule has 0 aromatic heterocycles. The lowest BCUT2D eigenvalue weighted by Crippen LogP contribution is -2.52. The fourth-order valence-corrected chi connectivity index (χ4v) is 4.39. The first-order valence-electron chi connectivity index (χ1n) is 7.82. The van der Waals surface area contributed by atoms with Crippen LogP contribution in [0.2, 0.25) is 0 Å². The number of hydrogen-bond acceptors (Lipinski definition) is 4. The fraction of sp³-hybridized carbons (Fsp3) is 0.706. The van der Waals surface area contributed by atoms with Gasteiger partial charge >= 0.3 is 5.97 Å². The molecule has 0 radical (unpaired) electrons. The van der Waals surface area contributed by atoms with Gasteiger partial charge in [-0.15, -0.1) is 0 Å². The highest BCUT2D eigenvalue weighted by molar-refractivity contribution is 5.82. The van der Waals surface area contributed by atoms with Crippen LogP contribution in [0.25, 0.3) is 0 Å². The van der Waals surface area contributed by atoms with Crippen molar-refractivity contribution in [3.63, 3.8) is 0 Å². The molecular weight excluding hydrogens is 268 g/mol. The van der Waals surface area contributed by atoms with Crippen LogP contribution in [0, 0.1) is 11.3 Å². The Balaban J connectivity index is 2.09. The third kappa shape index (κ3) is 2.16. The van der Waals surface area contributed by atoms with Gasteiger partial charge in [-0.25, -0.2) is 0 Å². The highest BCUT2D eigenvalue weighted by atomic mass is 16.7. The van der Waals surface area contributed by atoms with E-state index in [0.717, 1.165) is 19.3 Å². The van der Waals surface area contributed by atoms with E-state index in [1.807, 2.05) is 6.92 Å². The van der Waals surface area contributed by atoms with Crippen LogP contribution < -0.4 is 0 Å². The average molecular weight is 292 g/mol. The Bertz CT molecular complexity index is 499. The molecule has 0 aromatic rings. The van der Waals surface area contributed by atoms with Crippen LogP contribution >= 0.6 is 0 Å². The van der Waals surface area contributed by atoms with Crippen molar-refractivity contribution in [2.75, 3.05) is 20.3 Å². The van der Waals surface area contributed by atoms with Gasteiger partial charge in [-0.05, 0) is 25.3 Å². The zero-order valence-electron chi connectivity index (χ0n) is 13.1. The second-order valence-corrected chi connectivity index (χ2v) is 6.27. The van der Waals surface area contributed by atoms with Crippen LogP contribution in [0.1, 0.15) is 39.5 Å². The number of carbonyl (C=O) groups excluding carboxylic acids is 1. The topological polar surface area (TPSA) is 44.8 Å². The van der Waals surface area contributed by atoms with Gasteiger partial charge in [0.05, 0.1) is 25.7 Å². The number of esters is 1. The molecule has 1 spiro atoms. The number of hydrogen-bond donors (Lipinski definition) is 0. The summed E-state index contributed by atoms with van der Waals surface area (Å²) in [4.78, 5) is 12.7. The largest absolute Gasteiger partial charge is 0.468 e. The fourth-order valence-electron chi connectivity index (χ4n) is 4.39. The van der Waals surface area contributed by atoms with Gasteiger partial charge < -0.3 is 14.2 Å². The summed E-state index contributed by atoms with van der Waals surface area (Å²) in [6.07, 6.45) is 7.46. The van der Waals surface area contributed by atoms with Crippen LogP contribution in [-0.2, 0) is 19.0 Å². The first kappa shape index (κ1) is 14.8. The lowest BCUT2D eigenvalue weighted by molar-refractivity contribution is -0.207. The minimum atomic E-state index is -0.614. The van der Waals surface area contributed by atoms with Crippen molar-refractivity contribution in [1.82, 2.24) is 0 Å². The molecule has 3 aliphatic rings. The Labute approximate surface area is 126 Å². The molecule has 0 amide bonds. The number of fused-ring (bicyclic) bond motifs is 2. The van der Waals surface area contributed by atoms with Crippen LogP contribution in [0.15, 0.2) is 23.3 Å². The maximum Gasteiger partial charge on any atom is 0.316 e. The summed E-state index contributed by atoms with van der Waals surface area (Å²) in [6, 6.07) is 0. The van der Waals surface area contributed by atoms with Crippen molar-refractivity contribution in [2.45, 2.75) is 45.3 Å². The Morgan fingerprint density at radius 3 is 2.76 bits per heavy atom. The molecule has 0 N–H and O–H groups in total. The normalized spacial score (nSPS) is 35.9. The van der Waals surface area contributed by atoms with Gasteiger partial charge in [0.1, 0.15) is 0 Å². The Morgan fingerprint density at radius 1 is 1.48 bits per heavy atom. The molecule has 3 rings (SSSR count). The molecule has 2 aliphatic carbocycles. The third-order valence-electron chi connectivity index (χ3n) is 5.17. The Morgan fingerprint density at radius 2 is 2.19 bits per heavy atom. The first-order chi connectivity index (χ1) is 10.1. The molecule has 2 unspecified atom stereocenters. The highest BCUT2D eigenvalue weighted by Gasteiger charge is 2.59. The number of carbonyl (C=O) groups is 1. The van der Waals surface area contributed by atoms with Gasteiger partial charge in [0, 0.05) is 18.8 Å². The smallest absolute Gasteiger partial charge is 0.316 e. The maximum absolute atomic E-state index is 12.7. The number of ether oxygens (including phenoxy) is 3. The van der Waals surface area contributed by atoms with Gasteiger partial charge in [0.25, 0.3) is 0 Å². The molecule has 2 bridgehead atoms. The van der Waals surface area contributed by atoms with E-state index >= 15 is 0 Å². The van der Waals surface area contributed by atoms with Gasteiger partial charge in [-0.1, -0.05) is 24.6 Å². The van der Waals surface area contributed by atoms with E-state index in [4.69, 9.17) is 14.2 Å². The first-order valence-corrected chi connectivity index (χ1v) is 7.82. The monoisotopic (exact) mass is 292 g/mol. The summed E-state index contributed by atoms with van der Waals surface area (Å²) < 4.78 is 17.0. The zero-order chi connectivity index (χ0) is 15.1. The van der Waals surface area contributed by atoms with Crippen LogP contribution in [0.5, 0.6) is 0 Å². The van der Waals surface area contributed by atoms with E-state index in [0.29, 0.717) is 19.6 Å². The average Bonchev–Trinajstić information content (AvgIpc) is 2.92. The van der Waals surface area contributed by atoms with E-state index in [1.54, 1.807) is 0 Å². The molecule has 4 heteroatoms. The van der Waals surface area contributed by atoms with Crippen LogP contribution in [-0.4, -0.2) is 32.1 Å². The van der Waals surface area contributed by atoms with E-state index < -0.39 is 11.2 Å². The third-order valence-corrected chi connectivity index (χ3v) is 5.17. The SMILES string of the molecule is C/C=C1/C2C=C(CC)CC1(C(=O)OC)CC1(C2)OCCO1. The molecule has 21 heavy (non-hydrogen) atoms. The summed E-state index contributed by atoms with van der Waals surface area (Å²) in [5, 5.41) is 0. The molecule has 4 nitrogen and oxygen atoms in total. The van der Waals surface area contributed by atoms with Crippen molar-refractivity contribution in [2.24, 2.45) is 11.3 Å². The minimum Gasteiger partial charge on any atom is -0.468 e. The molecular formula is C17H24O4. The molecule has 1 aliphatic heterocycles. The number of rotatable bonds is 2. The van der Waals surface area contributed by atoms with E-state index in [9.17, 15) is 4.79 Å². The summed E-state index contributed by atoms with van der Waals surface area (Å²) in [6.45, 7) is 5.38. The van der Waals surface area contributed by atoms with Crippen molar-refractivity contribution in [3.05, 3.63) is 23.3 Å². The predicted molar refractivity (Wildman–Crippen MR) is 78.6 cm³/mol. The van der Waals surface area contributed by atoms with Crippen LogP contribution in [0.4, 0.5) is 0 Å².